The molecule has 48 heavy (non-hydrogen) atoms. The average Bonchev–Trinajstić information content (AvgIpc) is 3.07. The fourth-order valence-electron chi connectivity index (χ4n) is 5.60. The largest absolute Gasteiger partial charge is 0.462 e. The van der Waals surface area contributed by atoms with Crippen LogP contribution in [0.1, 0.15) is 189 Å². The number of allylic oxidation sites excluding steroid dienone is 4. The molecule has 0 amide bonds. The minimum atomic E-state index is -4.77. The van der Waals surface area contributed by atoms with Gasteiger partial charge in [-0.05, 0) is 76.3 Å². The molecule has 0 aliphatic rings. The van der Waals surface area contributed by atoms with Gasteiger partial charge in [0.1, 0.15) is 4.90 Å². The summed E-state index contributed by atoms with van der Waals surface area (Å²) in [4.78, 5) is 25.2. The molecule has 1 aromatic rings. The SMILES string of the molecule is CCCCCCCCCC/C=C/CCCCOC(=O)c1cccc(S(=O)(=O)O)c1C(=O)OCCCC/C=C/CCCCCCCCCC. The predicted octanol–water partition coefficient (Wildman–Crippen LogP) is 11.8. The maximum atomic E-state index is 13.0. The summed E-state index contributed by atoms with van der Waals surface area (Å²) in [6.45, 7) is 4.69. The third-order valence-electron chi connectivity index (χ3n) is 8.51. The van der Waals surface area contributed by atoms with Crippen molar-refractivity contribution in [2.24, 2.45) is 0 Å². The average molecular weight is 691 g/mol. The third-order valence-corrected chi connectivity index (χ3v) is 9.40. The zero-order valence-corrected chi connectivity index (χ0v) is 31.0. The van der Waals surface area contributed by atoms with E-state index >= 15 is 0 Å². The van der Waals surface area contributed by atoms with Crippen molar-refractivity contribution < 1.29 is 32.0 Å². The van der Waals surface area contributed by atoms with Crippen molar-refractivity contribution in [3.05, 3.63) is 53.6 Å². The number of carbonyl (C=O) groups excluding carboxylic acids is 2. The maximum absolute atomic E-state index is 13.0. The summed E-state index contributed by atoms with van der Waals surface area (Å²) in [5.74, 6) is -1.79. The van der Waals surface area contributed by atoms with E-state index in [1.807, 2.05) is 0 Å². The van der Waals surface area contributed by atoms with Crippen molar-refractivity contribution in [2.45, 2.75) is 173 Å². The van der Waals surface area contributed by atoms with E-state index in [9.17, 15) is 22.6 Å². The van der Waals surface area contributed by atoms with E-state index in [0.29, 0.717) is 12.8 Å². The predicted molar refractivity (Wildman–Crippen MR) is 197 cm³/mol. The van der Waals surface area contributed by atoms with Crippen LogP contribution in [0.5, 0.6) is 0 Å². The van der Waals surface area contributed by atoms with Gasteiger partial charge < -0.3 is 9.47 Å². The Kier molecular flexibility index (Phi) is 26.7. The quantitative estimate of drug-likeness (QED) is 0.0357. The van der Waals surface area contributed by atoms with Crippen molar-refractivity contribution in [2.75, 3.05) is 13.2 Å². The molecule has 8 heteroatoms. The van der Waals surface area contributed by atoms with Crippen molar-refractivity contribution in [3.63, 3.8) is 0 Å². The summed E-state index contributed by atoms with van der Waals surface area (Å²) in [6, 6.07) is 3.70. The molecule has 0 saturated heterocycles. The minimum absolute atomic E-state index is 0.0750. The van der Waals surface area contributed by atoms with Gasteiger partial charge in [-0.3, -0.25) is 4.55 Å². The number of esters is 2. The Hall–Kier alpha value is -2.45. The van der Waals surface area contributed by atoms with Crippen molar-refractivity contribution in [1.82, 2.24) is 0 Å². The second-order valence-electron chi connectivity index (χ2n) is 12.9. The van der Waals surface area contributed by atoms with E-state index in [4.69, 9.17) is 9.47 Å². The Morgan fingerprint density at radius 1 is 0.562 bits per heavy atom. The highest BCUT2D eigenvalue weighted by atomic mass is 32.2. The zero-order valence-electron chi connectivity index (χ0n) is 30.2. The lowest BCUT2D eigenvalue weighted by molar-refractivity contribution is 0.0447. The lowest BCUT2D eigenvalue weighted by Gasteiger charge is -2.12. The van der Waals surface area contributed by atoms with Gasteiger partial charge in [-0.2, -0.15) is 8.42 Å². The standard InChI is InChI=1S/C40H66O7S/c1-3-5-7-9-11-13-15-17-19-21-23-25-27-29-34-46-39(41)36-32-31-33-37(48(43,44)45)38(36)40(42)47-35-30-28-26-24-22-20-18-16-14-12-10-8-6-4-2/h21-24,31-33H,3-20,25-30,34-35H2,1-2H3,(H,43,44,45)/b23-21+,24-22+. The van der Waals surface area contributed by atoms with Crippen molar-refractivity contribution >= 4 is 22.1 Å². The summed E-state index contributed by atoms with van der Waals surface area (Å²) in [5, 5.41) is 0. The van der Waals surface area contributed by atoms with Gasteiger partial charge in [0.2, 0.25) is 0 Å². The van der Waals surface area contributed by atoms with Crippen LogP contribution in [0.3, 0.4) is 0 Å². The summed E-state index contributed by atoms with van der Waals surface area (Å²) in [6.07, 6.45) is 36.4. The summed E-state index contributed by atoms with van der Waals surface area (Å²) in [7, 11) is -4.77. The normalized spacial score (nSPS) is 11.9. The second-order valence-corrected chi connectivity index (χ2v) is 14.3. The number of hydrogen-bond acceptors (Lipinski definition) is 6. The third kappa shape index (κ3) is 22.2. The Balaban J connectivity index is 2.37. The van der Waals surface area contributed by atoms with Crippen LogP contribution in [0.4, 0.5) is 0 Å². The van der Waals surface area contributed by atoms with E-state index in [1.165, 1.54) is 115 Å². The molecule has 0 radical (unpaired) electrons. The first kappa shape index (κ1) is 43.6. The van der Waals surface area contributed by atoms with Gasteiger partial charge in [0.25, 0.3) is 10.1 Å². The molecule has 1 N–H and O–H groups in total. The number of hydrogen-bond donors (Lipinski definition) is 1. The lowest BCUT2D eigenvalue weighted by atomic mass is 10.1. The second kappa shape index (κ2) is 29.5. The molecular weight excluding hydrogens is 624 g/mol. The molecule has 0 heterocycles. The molecule has 7 nitrogen and oxygen atoms in total. The molecule has 0 saturated carbocycles. The van der Waals surface area contributed by atoms with E-state index in [-0.39, 0.29) is 18.8 Å². The lowest BCUT2D eigenvalue weighted by Crippen LogP contribution is -2.19. The molecule has 0 spiro atoms. The van der Waals surface area contributed by atoms with Gasteiger partial charge in [-0.1, -0.05) is 134 Å². The van der Waals surface area contributed by atoms with E-state index in [2.05, 4.69) is 38.2 Å². The molecule has 0 aliphatic heterocycles. The van der Waals surface area contributed by atoms with Crippen molar-refractivity contribution in [1.29, 1.82) is 0 Å². The van der Waals surface area contributed by atoms with Crippen LogP contribution in [0.15, 0.2) is 47.4 Å². The summed E-state index contributed by atoms with van der Waals surface area (Å²) in [5.41, 5.74) is -0.719. The van der Waals surface area contributed by atoms with Crippen LogP contribution in [-0.4, -0.2) is 38.1 Å². The fraction of sp³-hybridized carbons (Fsp3) is 0.700. The molecule has 0 fully saturated rings. The Labute approximate surface area is 293 Å². The topological polar surface area (TPSA) is 107 Å². The number of ether oxygens (including phenoxy) is 2. The highest BCUT2D eigenvalue weighted by Crippen LogP contribution is 2.23. The molecule has 0 aliphatic carbocycles. The number of unbranched alkanes of at least 4 members (excludes halogenated alkanes) is 20. The zero-order chi connectivity index (χ0) is 35.1. The highest BCUT2D eigenvalue weighted by molar-refractivity contribution is 7.86. The first-order valence-corrected chi connectivity index (χ1v) is 20.5. The molecule has 1 rings (SSSR count). The summed E-state index contributed by atoms with van der Waals surface area (Å²) < 4.78 is 44.5. The molecule has 0 bridgehead atoms. The number of rotatable bonds is 31. The number of benzene rings is 1. The first-order valence-electron chi connectivity index (χ1n) is 19.1. The van der Waals surface area contributed by atoms with Crippen LogP contribution >= 0.6 is 0 Å². The van der Waals surface area contributed by atoms with Gasteiger partial charge in [0.05, 0.1) is 24.3 Å². The van der Waals surface area contributed by atoms with Crippen LogP contribution in [-0.2, 0) is 19.6 Å². The highest BCUT2D eigenvalue weighted by Gasteiger charge is 2.28. The van der Waals surface area contributed by atoms with Gasteiger partial charge >= 0.3 is 11.9 Å². The minimum Gasteiger partial charge on any atom is -0.462 e. The maximum Gasteiger partial charge on any atom is 0.340 e. The van der Waals surface area contributed by atoms with Crippen LogP contribution in [0, 0.1) is 0 Å². The van der Waals surface area contributed by atoms with Gasteiger partial charge in [0, 0.05) is 0 Å². The van der Waals surface area contributed by atoms with E-state index in [0.717, 1.165) is 44.6 Å². The van der Waals surface area contributed by atoms with Crippen LogP contribution < -0.4 is 0 Å². The Morgan fingerprint density at radius 2 is 0.938 bits per heavy atom. The van der Waals surface area contributed by atoms with E-state index in [1.54, 1.807) is 0 Å². The number of carbonyl (C=O) groups is 2. The first-order chi connectivity index (χ1) is 23.3. The fourth-order valence-corrected chi connectivity index (χ4v) is 6.30. The smallest absolute Gasteiger partial charge is 0.340 e. The van der Waals surface area contributed by atoms with E-state index < -0.39 is 32.5 Å². The summed E-state index contributed by atoms with van der Waals surface area (Å²) >= 11 is 0. The molecule has 1 aromatic carbocycles. The Bertz CT molecular complexity index is 1140. The molecule has 0 aromatic heterocycles. The molecule has 274 valence electrons. The Morgan fingerprint density at radius 3 is 1.35 bits per heavy atom. The molecule has 0 atom stereocenters. The van der Waals surface area contributed by atoms with Crippen LogP contribution in [0.25, 0.3) is 0 Å². The van der Waals surface area contributed by atoms with Gasteiger partial charge in [-0.15, -0.1) is 0 Å². The monoisotopic (exact) mass is 690 g/mol. The van der Waals surface area contributed by atoms with Crippen LogP contribution in [0.2, 0.25) is 0 Å². The van der Waals surface area contributed by atoms with Crippen molar-refractivity contribution in [3.8, 4) is 0 Å². The van der Waals surface area contributed by atoms with Gasteiger partial charge in [-0.25, -0.2) is 9.59 Å². The molecule has 0 unspecified atom stereocenters. The molecular formula is C40H66O7S. The van der Waals surface area contributed by atoms with Gasteiger partial charge in [0.15, 0.2) is 0 Å².